The molecule has 1 aromatic carbocycles. The van der Waals surface area contributed by atoms with Gasteiger partial charge in [-0.1, -0.05) is 18.1 Å². The highest BCUT2D eigenvalue weighted by molar-refractivity contribution is 5.88. The Kier molecular flexibility index (Phi) is 4.25. The molecule has 1 aromatic heterocycles. The van der Waals surface area contributed by atoms with Crippen LogP contribution in [0.5, 0.6) is 0 Å². The third-order valence-electron chi connectivity index (χ3n) is 6.25. The zero-order chi connectivity index (χ0) is 20.0. The van der Waals surface area contributed by atoms with Crippen LogP contribution in [0, 0.1) is 18.2 Å². The van der Waals surface area contributed by atoms with Crippen molar-refractivity contribution in [3.63, 3.8) is 0 Å². The van der Waals surface area contributed by atoms with Gasteiger partial charge in [-0.15, -0.1) is 6.42 Å². The molecule has 1 amide bonds. The highest BCUT2D eigenvalue weighted by atomic mass is 19.1. The number of aromatic nitrogens is 2. The van der Waals surface area contributed by atoms with E-state index in [1.807, 2.05) is 11.0 Å². The van der Waals surface area contributed by atoms with Gasteiger partial charge in [-0.2, -0.15) is 0 Å². The number of terminal acetylenes is 1. The van der Waals surface area contributed by atoms with E-state index in [2.05, 4.69) is 20.8 Å². The van der Waals surface area contributed by atoms with Gasteiger partial charge in [0.2, 0.25) is 0 Å². The Balaban J connectivity index is 1.33. The molecule has 6 nitrogen and oxygen atoms in total. The second-order valence-corrected chi connectivity index (χ2v) is 7.82. The van der Waals surface area contributed by atoms with Gasteiger partial charge in [-0.3, -0.25) is 4.79 Å². The largest absolute Gasteiger partial charge is 0.356 e. The molecule has 4 heterocycles. The molecule has 3 fully saturated rings. The van der Waals surface area contributed by atoms with Gasteiger partial charge in [0.1, 0.15) is 29.9 Å². The molecule has 148 valence electrons. The van der Waals surface area contributed by atoms with Crippen molar-refractivity contribution in [2.75, 3.05) is 18.0 Å². The van der Waals surface area contributed by atoms with Crippen LogP contribution in [-0.4, -0.2) is 45.7 Å². The first-order valence-corrected chi connectivity index (χ1v) is 9.89. The maximum absolute atomic E-state index is 13.7. The van der Waals surface area contributed by atoms with Gasteiger partial charge in [0.25, 0.3) is 5.91 Å². The molecule has 0 radical (unpaired) electrons. The van der Waals surface area contributed by atoms with Crippen molar-refractivity contribution in [1.29, 1.82) is 0 Å². The number of carbonyl (C=O) groups excluding carboxylic acids is 1. The van der Waals surface area contributed by atoms with Crippen LogP contribution in [0.3, 0.4) is 0 Å². The highest BCUT2D eigenvalue weighted by Gasteiger charge is 2.58. The normalized spacial score (nSPS) is 25.3. The lowest BCUT2D eigenvalue weighted by Crippen LogP contribution is -2.50. The SMILES string of the molecule is C#Cc1cc(N2CCC3(CC2)O[C@@H]2CC[C@@H](c4cccc(F)c4)N2C3=O)ncn1. The van der Waals surface area contributed by atoms with Gasteiger partial charge in [0, 0.05) is 32.0 Å². The van der Waals surface area contributed by atoms with E-state index in [4.69, 9.17) is 11.2 Å². The van der Waals surface area contributed by atoms with Crippen molar-refractivity contribution < 1.29 is 13.9 Å². The molecule has 1 spiro atoms. The van der Waals surface area contributed by atoms with Crippen molar-refractivity contribution in [3.05, 3.63) is 53.7 Å². The lowest BCUT2D eigenvalue weighted by atomic mass is 9.89. The zero-order valence-electron chi connectivity index (χ0n) is 15.9. The van der Waals surface area contributed by atoms with Gasteiger partial charge in [-0.05, 0) is 30.5 Å². The number of ether oxygens (including phenoxy) is 1. The maximum Gasteiger partial charge on any atom is 0.257 e. The van der Waals surface area contributed by atoms with Crippen LogP contribution in [0.1, 0.15) is 43.0 Å². The van der Waals surface area contributed by atoms with E-state index in [1.165, 1.54) is 18.5 Å². The fourth-order valence-electron chi connectivity index (χ4n) is 4.78. The second kappa shape index (κ2) is 6.82. The molecular formula is C22H21FN4O2. The highest BCUT2D eigenvalue weighted by Crippen LogP contribution is 2.47. The summed E-state index contributed by atoms with van der Waals surface area (Å²) in [6, 6.07) is 8.18. The van der Waals surface area contributed by atoms with E-state index in [0.717, 1.165) is 24.2 Å². The van der Waals surface area contributed by atoms with Gasteiger partial charge in [0.15, 0.2) is 5.60 Å². The molecule has 0 N–H and O–H groups in total. The molecule has 5 rings (SSSR count). The summed E-state index contributed by atoms with van der Waals surface area (Å²) in [5.74, 6) is 3.04. The minimum atomic E-state index is -0.796. The number of nitrogens with zero attached hydrogens (tertiary/aromatic N) is 4. The van der Waals surface area contributed by atoms with E-state index in [-0.39, 0.29) is 24.0 Å². The van der Waals surface area contributed by atoms with E-state index >= 15 is 0 Å². The smallest absolute Gasteiger partial charge is 0.257 e. The summed E-state index contributed by atoms with van der Waals surface area (Å²) in [4.78, 5) is 25.7. The summed E-state index contributed by atoms with van der Waals surface area (Å²) in [6.07, 6.45) is 9.41. The Hall–Kier alpha value is -2.98. The van der Waals surface area contributed by atoms with Crippen LogP contribution in [0.15, 0.2) is 36.7 Å². The van der Waals surface area contributed by atoms with Gasteiger partial charge in [-0.25, -0.2) is 14.4 Å². The van der Waals surface area contributed by atoms with Crippen LogP contribution in [0.2, 0.25) is 0 Å². The molecule has 2 atom stereocenters. The van der Waals surface area contributed by atoms with E-state index in [0.29, 0.717) is 31.6 Å². The second-order valence-electron chi connectivity index (χ2n) is 7.82. The lowest BCUT2D eigenvalue weighted by Gasteiger charge is -2.38. The molecule has 3 aliphatic rings. The Labute approximate surface area is 168 Å². The number of hydrogen-bond acceptors (Lipinski definition) is 5. The fourth-order valence-corrected chi connectivity index (χ4v) is 4.78. The van der Waals surface area contributed by atoms with Crippen LogP contribution in [0.25, 0.3) is 0 Å². The predicted octanol–water partition coefficient (Wildman–Crippen LogP) is 2.66. The number of benzene rings is 1. The first-order chi connectivity index (χ1) is 14.1. The molecule has 0 saturated carbocycles. The maximum atomic E-state index is 13.7. The van der Waals surface area contributed by atoms with Crippen LogP contribution < -0.4 is 4.90 Å². The molecule has 0 aliphatic carbocycles. The molecule has 3 aliphatic heterocycles. The lowest BCUT2D eigenvalue weighted by molar-refractivity contribution is -0.140. The number of rotatable bonds is 2. The standard InChI is InChI=1S/C22H21FN4O2/c1-2-17-13-19(25-14-24-17)26-10-8-22(9-11-26)21(28)27-18(6-7-20(27)29-22)15-4-3-5-16(23)12-15/h1,3-5,12-14,18,20H,6-11H2/t18-,20+/m0/s1. The van der Waals surface area contributed by atoms with Crippen molar-refractivity contribution in [2.24, 2.45) is 0 Å². The number of fused-ring (bicyclic) bond motifs is 1. The average molecular weight is 392 g/mol. The molecule has 0 unspecified atom stereocenters. The third-order valence-corrected chi connectivity index (χ3v) is 6.25. The number of anilines is 1. The van der Waals surface area contributed by atoms with E-state index in [1.54, 1.807) is 12.1 Å². The number of halogens is 1. The molecule has 2 aromatic rings. The monoisotopic (exact) mass is 392 g/mol. The Bertz CT molecular complexity index is 996. The summed E-state index contributed by atoms with van der Waals surface area (Å²) in [5, 5.41) is 0. The van der Waals surface area contributed by atoms with Gasteiger partial charge >= 0.3 is 0 Å². The van der Waals surface area contributed by atoms with E-state index in [9.17, 15) is 9.18 Å². The van der Waals surface area contributed by atoms with Crippen molar-refractivity contribution in [2.45, 2.75) is 43.6 Å². The zero-order valence-corrected chi connectivity index (χ0v) is 15.9. The van der Waals surface area contributed by atoms with Gasteiger partial charge < -0.3 is 14.5 Å². The van der Waals surface area contributed by atoms with E-state index < -0.39 is 5.60 Å². The van der Waals surface area contributed by atoms with Crippen molar-refractivity contribution in [3.8, 4) is 12.3 Å². The average Bonchev–Trinajstić information content (AvgIpc) is 3.27. The molecule has 29 heavy (non-hydrogen) atoms. The van der Waals surface area contributed by atoms with Crippen LogP contribution in [0.4, 0.5) is 10.2 Å². The fraction of sp³-hybridized carbons (Fsp3) is 0.409. The Morgan fingerprint density at radius 1 is 1.21 bits per heavy atom. The topological polar surface area (TPSA) is 58.6 Å². The molecule has 7 heteroatoms. The summed E-state index contributed by atoms with van der Waals surface area (Å²) in [5.41, 5.74) is 0.582. The molecular weight excluding hydrogens is 371 g/mol. The number of amides is 1. The van der Waals surface area contributed by atoms with Crippen molar-refractivity contribution >= 4 is 11.7 Å². The molecule has 0 bridgehead atoms. The minimum Gasteiger partial charge on any atom is -0.356 e. The predicted molar refractivity (Wildman–Crippen MR) is 104 cm³/mol. The minimum absolute atomic E-state index is 0.0286. The van der Waals surface area contributed by atoms with Gasteiger partial charge in [0.05, 0.1) is 6.04 Å². The van der Waals surface area contributed by atoms with Crippen LogP contribution >= 0.6 is 0 Å². The summed E-state index contributed by atoms with van der Waals surface area (Å²) < 4.78 is 20.0. The van der Waals surface area contributed by atoms with Crippen LogP contribution in [-0.2, 0) is 9.53 Å². The first kappa shape index (κ1) is 18.1. The summed E-state index contributed by atoms with van der Waals surface area (Å²) in [7, 11) is 0. The number of piperidine rings is 1. The number of carbonyl (C=O) groups is 1. The van der Waals surface area contributed by atoms with Crippen molar-refractivity contribution in [1.82, 2.24) is 14.9 Å². The Morgan fingerprint density at radius 3 is 2.79 bits per heavy atom. The summed E-state index contributed by atoms with van der Waals surface area (Å²) >= 11 is 0. The quantitative estimate of drug-likeness (QED) is 0.736. The summed E-state index contributed by atoms with van der Waals surface area (Å²) in [6.45, 7) is 1.30. The molecule has 3 saturated heterocycles. The number of hydrogen-bond donors (Lipinski definition) is 0. The Morgan fingerprint density at radius 2 is 2.03 bits per heavy atom. The third kappa shape index (κ3) is 2.95. The first-order valence-electron chi connectivity index (χ1n) is 9.89.